The highest BCUT2D eigenvalue weighted by Gasteiger charge is 2.17. The molecule has 28 heavy (non-hydrogen) atoms. The van der Waals surface area contributed by atoms with Crippen LogP contribution in [0, 0.1) is 0 Å². The molecule has 1 aliphatic rings. The molecule has 0 aliphatic carbocycles. The second-order valence-electron chi connectivity index (χ2n) is 7.26. The Morgan fingerprint density at radius 3 is 2.39 bits per heavy atom. The molecular formula is C20H33N3O4S. The molecule has 1 aliphatic heterocycles. The lowest BCUT2D eigenvalue weighted by atomic mass is 10.1. The van der Waals surface area contributed by atoms with Gasteiger partial charge in [0.2, 0.25) is 15.9 Å². The highest BCUT2D eigenvalue weighted by Crippen LogP contribution is 2.11. The standard InChI is InChI=1S/C20H33N3O4S/c1-2-3-4-5-10-23(12-11-22-13-15-27-16-14-22)20(24)17-18-6-8-19(9-7-18)28(21,25)26/h6-9H,2-5,10-17H2,1H3,(H2,21,25,26). The molecule has 1 aromatic rings. The molecule has 1 fully saturated rings. The highest BCUT2D eigenvalue weighted by molar-refractivity contribution is 7.89. The lowest BCUT2D eigenvalue weighted by molar-refractivity contribution is -0.130. The topological polar surface area (TPSA) is 92.9 Å². The molecule has 0 unspecified atom stereocenters. The summed E-state index contributed by atoms with van der Waals surface area (Å²) in [4.78, 5) is 17.2. The Morgan fingerprint density at radius 2 is 1.79 bits per heavy atom. The van der Waals surface area contributed by atoms with E-state index in [1.165, 1.54) is 18.6 Å². The number of hydrogen-bond acceptors (Lipinski definition) is 5. The van der Waals surface area contributed by atoms with E-state index >= 15 is 0 Å². The van der Waals surface area contributed by atoms with Crippen molar-refractivity contribution in [2.24, 2.45) is 5.14 Å². The van der Waals surface area contributed by atoms with Gasteiger partial charge in [-0.25, -0.2) is 13.6 Å². The van der Waals surface area contributed by atoms with Gasteiger partial charge in [0.05, 0.1) is 24.5 Å². The molecule has 0 spiro atoms. The quantitative estimate of drug-likeness (QED) is 0.559. The highest BCUT2D eigenvalue weighted by atomic mass is 32.2. The number of sulfonamides is 1. The van der Waals surface area contributed by atoms with Gasteiger partial charge < -0.3 is 9.64 Å². The Hall–Kier alpha value is -1.48. The number of nitrogens with two attached hydrogens (primary N) is 1. The van der Waals surface area contributed by atoms with Crippen LogP contribution in [0.5, 0.6) is 0 Å². The molecule has 2 N–H and O–H groups in total. The van der Waals surface area contributed by atoms with Crippen LogP contribution in [-0.4, -0.2) is 70.1 Å². The smallest absolute Gasteiger partial charge is 0.238 e. The third-order valence-corrected chi connectivity index (χ3v) is 5.96. The van der Waals surface area contributed by atoms with Gasteiger partial charge in [0.1, 0.15) is 0 Å². The first-order valence-corrected chi connectivity index (χ1v) is 11.6. The number of carbonyl (C=O) groups is 1. The SMILES string of the molecule is CCCCCCN(CCN1CCOCC1)C(=O)Cc1ccc(S(N)(=O)=O)cc1. The molecule has 1 amide bonds. The predicted octanol–water partition coefficient (Wildman–Crippen LogP) is 1.62. The summed E-state index contributed by atoms with van der Waals surface area (Å²) in [7, 11) is -3.71. The zero-order valence-electron chi connectivity index (χ0n) is 16.8. The van der Waals surface area contributed by atoms with E-state index in [-0.39, 0.29) is 17.2 Å². The van der Waals surface area contributed by atoms with Crippen LogP contribution in [-0.2, 0) is 26.0 Å². The van der Waals surface area contributed by atoms with Crippen molar-refractivity contribution in [2.75, 3.05) is 45.9 Å². The fourth-order valence-electron chi connectivity index (χ4n) is 3.26. The minimum absolute atomic E-state index is 0.0624. The Labute approximate surface area is 168 Å². The van der Waals surface area contributed by atoms with Gasteiger partial charge in [0.15, 0.2) is 0 Å². The van der Waals surface area contributed by atoms with Gasteiger partial charge >= 0.3 is 0 Å². The fraction of sp³-hybridized carbons (Fsp3) is 0.650. The van der Waals surface area contributed by atoms with E-state index in [0.717, 1.165) is 64.2 Å². The van der Waals surface area contributed by atoms with Gasteiger partial charge in [-0.15, -0.1) is 0 Å². The average Bonchev–Trinajstić information content (AvgIpc) is 2.68. The lowest BCUT2D eigenvalue weighted by Crippen LogP contribution is -2.43. The van der Waals surface area contributed by atoms with Crippen molar-refractivity contribution in [1.82, 2.24) is 9.80 Å². The summed E-state index contributed by atoms with van der Waals surface area (Å²) >= 11 is 0. The summed E-state index contributed by atoms with van der Waals surface area (Å²) in [5.41, 5.74) is 0.794. The molecule has 0 atom stereocenters. The molecule has 1 aromatic carbocycles. The number of unbranched alkanes of at least 4 members (excludes halogenated alkanes) is 3. The van der Waals surface area contributed by atoms with Crippen molar-refractivity contribution in [3.8, 4) is 0 Å². The third kappa shape index (κ3) is 7.87. The van der Waals surface area contributed by atoms with Crippen LogP contribution < -0.4 is 5.14 Å². The molecule has 0 radical (unpaired) electrons. The summed E-state index contributed by atoms with van der Waals surface area (Å²) in [6.07, 6.45) is 4.74. The van der Waals surface area contributed by atoms with Crippen molar-refractivity contribution >= 4 is 15.9 Å². The second-order valence-corrected chi connectivity index (χ2v) is 8.82. The van der Waals surface area contributed by atoms with Crippen molar-refractivity contribution in [2.45, 2.75) is 43.9 Å². The van der Waals surface area contributed by atoms with E-state index in [9.17, 15) is 13.2 Å². The molecule has 1 heterocycles. The van der Waals surface area contributed by atoms with E-state index in [2.05, 4.69) is 11.8 Å². The molecule has 7 nitrogen and oxygen atoms in total. The Morgan fingerprint density at radius 1 is 1.11 bits per heavy atom. The van der Waals surface area contributed by atoms with E-state index in [1.54, 1.807) is 12.1 Å². The predicted molar refractivity (Wildman–Crippen MR) is 110 cm³/mol. The van der Waals surface area contributed by atoms with Crippen LogP contribution in [0.2, 0.25) is 0 Å². The van der Waals surface area contributed by atoms with E-state index in [0.29, 0.717) is 6.54 Å². The number of ether oxygens (including phenoxy) is 1. The molecule has 1 saturated heterocycles. The lowest BCUT2D eigenvalue weighted by Gasteiger charge is -2.30. The number of carbonyl (C=O) groups excluding carboxylic acids is 1. The van der Waals surface area contributed by atoms with E-state index in [4.69, 9.17) is 9.88 Å². The number of morpholine rings is 1. The second kappa shape index (κ2) is 11.5. The minimum Gasteiger partial charge on any atom is -0.379 e. The van der Waals surface area contributed by atoms with Gasteiger partial charge in [-0.05, 0) is 24.1 Å². The fourth-order valence-corrected chi connectivity index (χ4v) is 3.78. The molecule has 0 saturated carbocycles. The maximum Gasteiger partial charge on any atom is 0.238 e. The summed E-state index contributed by atoms with van der Waals surface area (Å²) in [6, 6.07) is 6.23. The number of nitrogens with zero attached hydrogens (tertiary/aromatic N) is 2. The average molecular weight is 412 g/mol. The van der Waals surface area contributed by atoms with E-state index in [1.807, 2.05) is 4.90 Å². The van der Waals surface area contributed by atoms with Crippen LogP contribution in [0.3, 0.4) is 0 Å². The number of benzene rings is 1. The maximum atomic E-state index is 12.9. The molecule has 158 valence electrons. The zero-order valence-corrected chi connectivity index (χ0v) is 17.6. The van der Waals surface area contributed by atoms with Gasteiger partial charge in [0.25, 0.3) is 0 Å². The van der Waals surface area contributed by atoms with Crippen LogP contribution >= 0.6 is 0 Å². The molecule has 8 heteroatoms. The minimum atomic E-state index is -3.71. The number of primary sulfonamides is 1. The summed E-state index contributed by atoms with van der Waals surface area (Å²) < 4.78 is 28.1. The van der Waals surface area contributed by atoms with E-state index < -0.39 is 10.0 Å². The van der Waals surface area contributed by atoms with Crippen molar-refractivity contribution in [1.29, 1.82) is 0 Å². The Kier molecular flexibility index (Phi) is 9.37. The summed E-state index contributed by atoms with van der Waals surface area (Å²) in [5, 5.41) is 5.13. The molecule has 0 bridgehead atoms. The first kappa shape index (κ1) is 22.8. The monoisotopic (exact) mass is 411 g/mol. The molecular weight excluding hydrogens is 378 g/mol. The molecule has 2 rings (SSSR count). The van der Waals surface area contributed by atoms with Crippen LogP contribution in [0.4, 0.5) is 0 Å². The van der Waals surface area contributed by atoms with Crippen LogP contribution in [0.1, 0.15) is 38.2 Å². The first-order valence-electron chi connectivity index (χ1n) is 10.1. The Bertz CT molecular complexity index is 701. The van der Waals surface area contributed by atoms with Gasteiger partial charge in [-0.3, -0.25) is 9.69 Å². The molecule has 0 aromatic heterocycles. The number of hydrogen-bond donors (Lipinski definition) is 1. The van der Waals surface area contributed by atoms with Crippen LogP contribution in [0.25, 0.3) is 0 Å². The third-order valence-electron chi connectivity index (χ3n) is 5.03. The van der Waals surface area contributed by atoms with Gasteiger partial charge in [-0.1, -0.05) is 38.3 Å². The normalized spacial score (nSPS) is 15.5. The zero-order chi connectivity index (χ0) is 20.4. The first-order chi connectivity index (χ1) is 13.4. The van der Waals surface area contributed by atoms with Gasteiger partial charge in [0, 0.05) is 32.7 Å². The van der Waals surface area contributed by atoms with Crippen molar-refractivity contribution < 1.29 is 17.9 Å². The largest absolute Gasteiger partial charge is 0.379 e. The maximum absolute atomic E-state index is 12.9. The van der Waals surface area contributed by atoms with Crippen molar-refractivity contribution in [3.63, 3.8) is 0 Å². The Balaban J connectivity index is 1.93. The number of amides is 1. The van der Waals surface area contributed by atoms with Gasteiger partial charge in [-0.2, -0.15) is 0 Å². The summed E-state index contributed by atoms with van der Waals surface area (Å²) in [5.74, 6) is 0.0770. The van der Waals surface area contributed by atoms with Crippen molar-refractivity contribution in [3.05, 3.63) is 29.8 Å². The number of rotatable bonds is 11. The van der Waals surface area contributed by atoms with Crippen LogP contribution in [0.15, 0.2) is 29.2 Å². The summed E-state index contributed by atoms with van der Waals surface area (Å²) in [6.45, 7) is 7.82.